The number of carbonyl (C=O) groups is 2. The van der Waals surface area contributed by atoms with Crippen LogP contribution in [-0.2, 0) is 28.7 Å². The number of anilines is 1. The average molecular weight is 643 g/mol. The molecule has 1 aromatic heterocycles. The number of amides is 1. The molecule has 0 spiro atoms. The second-order valence-corrected chi connectivity index (χ2v) is 11.5. The van der Waals surface area contributed by atoms with Gasteiger partial charge in [0.25, 0.3) is 5.56 Å². The molecule has 1 N–H and O–H groups in total. The van der Waals surface area contributed by atoms with E-state index in [1.165, 1.54) is 18.6 Å². The van der Waals surface area contributed by atoms with E-state index in [0.717, 1.165) is 36.4 Å². The summed E-state index contributed by atoms with van der Waals surface area (Å²) in [5, 5.41) is 8.28. The fraction of sp³-hybridized carbons (Fsp3) is 0.379. The third kappa shape index (κ3) is 7.92. The smallest absolute Gasteiger partial charge is 0.475 e. The van der Waals surface area contributed by atoms with Crippen LogP contribution < -0.4 is 10.5 Å². The Morgan fingerprint density at radius 1 is 1.02 bits per heavy atom. The van der Waals surface area contributed by atoms with Crippen molar-refractivity contribution in [1.29, 1.82) is 0 Å². The Morgan fingerprint density at radius 3 is 2.16 bits per heavy atom. The summed E-state index contributed by atoms with van der Waals surface area (Å²) >= 11 is 1.65. The van der Waals surface area contributed by atoms with E-state index >= 15 is 0 Å². The highest BCUT2D eigenvalue weighted by molar-refractivity contribution is 7.99. The molecule has 3 aromatic rings. The number of aliphatic carboxylic acids is 1. The number of hydrogen-bond donors (Lipinski definition) is 1. The lowest BCUT2D eigenvalue weighted by Crippen LogP contribution is -2.44. The van der Waals surface area contributed by atoms with Gasteiger partial charge in [0, 0.05) is 31.0 Å². The molecule has 1 saturated carbocycles. The van der Waals surface area contributed by atoms with Gasteiger partial charge in [0.05, 0.1) is 35.6 Å². The summed E-state index contributed by atoms with van der Waals surface area (Å²) in [6.07, 6.45) is -5.60. The van der Waals surface area contributed by atoms with Gasteiger partial charge in [-0.1, -0.05) is 36.4 Å². The lowest BCUT2D eigenvalue weighted by atomic mass is 10.0. The number of likely N-dealkylation sites (N-methyl/N-ethyl adjacent to an activating group) is 1. The van der Waals surface area contributed by atoms with Crippen molar-refractivity contribution in [1.82, 2.24) is 14.5 Å². The maximum atomic E-state index is 13.7. The Balaban J connectivity index is 0.000000566. The van der Waals surface area contributed by atoms with Crippen LogP contribution in [0.15, 0.2) is 64.5 Å². The first kappa shape index (κ1) is 32.9. The topological polar surface area (TPSA) is 95.7 Å². The number of thioether (sulfide) groups is 1. The minimum atomic E-state index is -5.08. The number of carboxylic acid groups (broad SMARTS) is 1. The molecular weight excluding hydrogens is 614 g/mol. The SMILES string of the molecule is CN(CC(=O)N1CCc2nc(SC3CCC3)n(-c3ccccc3)c(=O)c2C1)c1ccc(C(F)(F)F)cc1.O=C(O)C(F)(F)F. The average Bonchev–Trinajstić information content (AvgIpc) is 2.94. The lowest BCUT2D eigenvalue weighted by molar-refractivity contribution is -0.192. The van der Waals surface area contributed by atoms with E-state index in [2.05, 4.69) is 0 Å². The van der Waals surface area contributed by atoms with Gasteiger partial charge < -0.3 is 14.9 Å². The van der Waals surface area contributed by atoms with E-state index in [1.54, 1.807) is 33.2 Å². The summed E-state index contributed by atoms with van der Waals surface area (Å²) in [5.74, 6) is -2.96. The molecule has 236 valence electrons. The van der Waals surface area contributed by atoms with Gasteiger partial charge in [0.1, 0.15) is 0 Å². The second-order valence-electron chi connectivity index (χ2n) is 10.2. The number of nitrogens with zero attached hydrogens (tertiary/aromatic N) is 4. The number of benzene rings is 2. The fourth-order valence-corrected chi connectivity index (χ4v) is 5.81. The summed E-state index contributed by atoms with van der Waals surface area (Å²) in [5.41, 5.74) is 1.60. The second kappa shape index (κ2) is 13.3. The van der Waals surface area contributed by atoms with Gasteiger partial charge in [-0.2, -0.15) is 26.3 Å². The molecule has 1 aliphatic carbocycles. The number of hydrogen-bond acceptors (Lipinski definition) is 6. The highest BCUT2D eigenvalue weighted by Crippen LogP contribution is 2.36. The van der Waals surface area contributed by atoms with E-state index in [0.29, 0.717) is 34.6 Å². The first-order chi connectivity index (χ1) is 20.6. The summed E-state index contributed by atoms with van der Waals surface area (Å²) < 4.78 is 72.0. The Morgan fingerprint density at radius 2 is 1.64 bits per heavy atom. The van der Waals surface area contributed by atoms with Crippen LogP contribution in [0.2, 0.25) is 0 Å². The Bertz CT molecular complexity index is 1540. The number of para-hydroxylation sites is 1. The molecule has 0 saturated heterocycles. The summed E-state index contributed by atoms with van der Waals surface area (Å²) in [6, 6.07) is 14.1. The Kier molecular flexibility index (Phi) is 9.96. The van der Waals surface area contributed by atoms with Crippen LogP contribution in [0.5, 0.6) is 0 Å². The van der Waals surface area contributed by atoms with Crippen LogP contribution in [-0.4, -0.2) is 63.0 Å². The minimum Gasteiger partial charge on any atom is -0.475 e. The quantitative estimate of drug-likeness (QED) is 0.278. The number of halogens is 6. The number of rotatable bonds is 6. The zero-order valence-electron chi connectivity index (χ0n) is 23.4. The molecular formula is C29H28F6N4O4S. The molecule has 5 rings (SSSR count). The molecule has 0 unspecified atom stereocenters. The van der Waals surface area contributed by atoms with Crippen LogP contribution in [0.1, 0.15) is 36.1 Å². The van der Waals surface area contributed by atoms with Crippen molar-refractivity contribution < 1.29 is 41.0 Å². The molecule has 0 radical (unpaired) electrons. The molecule has 2 heterocycles. The molecule has 8 nitrogen and oxygen atoms in total. The minimum absolute atomic E-state index is 0.0172. The van der Waals surface area contributed by atoms with Gasteiger partial charge in [-0.25, -0.2) is 9.78 Å². The first-order valence-corrected chi connectivity index (χ1v) is 14.4. The third-order valence-corrected chi connectivity index (χ3v) is 8.43. The summed E-state index contributed by atoms with van der Waals surface area (Å²) in [4.78, 5) is 43.8. The number of fused-ring (bicyclic) bond motifs is 1. The van der Waals surface area contributed by atoms with Crippen LogP contribution in [0.25, 0.3) is 5.69 Å². The first-order valence-electron chi connectivity index (χ1n) is 13.5. The largest absolute Gasteiger partial charge is 0.490 e. The number of carboxylic acids is 1. The predicted molar refractivity (Wildman–Crippen MR) is 151 cm³/mol. The maximum Gasteiger partial charge on any atom is 0.490 e. The van der Waals surface area contributed by atoms with Crippen molar-refractivity contribution >= 4 is 29.3 Å². The van der Waals surface area contributed by atoms with Crippen molar-refractivity contribution in [3.63, 3.8) is 0 Å². The van der Waals surface area contributed by atoms with Crippen molar-refractivity contribution in [3.05, 3.63) is 81.8 Å². The highest BCUT2D eigenvalue weighted by Gasteiger charge is 2.38. The van der Waals surface area contributed by atoms with Gasteiger partial charge in [0.2, 0.25) is 5.91 Å². The molecule has 2 aliphatic rings. The Hall–Kier alpha value is -4.01. The fourth-order valence-electron chi connectivity index (χ4n) is 4.49. The molecule has 1 fully saturated rings. The third-order valence-electron chi connectivity index (χ3n) is 7.14. The van der Waals surface area contributed by atoms with Crippen molar-refractivity contribution in [2.75, 3.05) is 25.0 Å². The zero-order chi connectivity index (χ0) is 32.2. The predicted octanol–water partition coefficient (Wildman–Crippen LogP) is 5.55. The summed E-state index contributed by atoms with van der Waals surface area (Å²) in [7, 11) is 1.66. The van der Waals surface area contributed by atoms with Crippen molar-refractivity contribution in [3.8, 4) is 5.69 Å². The van der Waals surface area contributed by atoms with Gasteiger partial charge in [-0.15, -0.1) is 0 Å². The van der Waals surface area contributed by atoms with Crippen LogP contribution in [0.4, 0.5) is 32.0 Å². The Labute approximate surface area is 252 Å². The molecule has 15 heteroatoms. The standard InChI is InChI=1S/C27H27F3N4O2S.C2HF3O2/c1-32(19-12-10-18(11-13-19)27(28,29)30)17-24(35)33-15-14-23-22(16-33)25(36)34(20-6-3-2-4-7-20)26(31-23)37-21-8-5-9-21;3-2(4,5)1(6)7/h2-4,6-7,10-13,21H,5,8-9,14-17H2,1H3;(H,6,7). The van der Waals surface area contributed by atoms with Crippen LogP contribution in [0, 0.1) is 0 Å². The normalized spacial score (nSPS) is 15.0. The molecule has 0 atom stereocenters. The summed E-state index contributed by atoms with van der Waals surface area (Å²) in [6.45, 7) is 0.570. The molecule has 1 amide bonds. The van der Waals surface area contributed by atoms with Crippen LogP contribution in [0.3, 0.4) is 0 Å². The van der Waals surface area contributed by atoms with E-state index in [1.807, 2.05) is 30.3 Å². The number of alkyl halides is 6. The highest BCUT2D eigenvalue weighted by atomic mass is 32.2. The van der Waals surface area contributed by atoms with E-state index in [-0.39, 0.29) is 24.6 Å². The molecule has 44 heavy (non-hydrogen) atoms. The number of aromatic nitrogens is 2. The van der Waals surface area contributed by atoms with Gasteiger partial charge in [-0.3, -0.25) is 14.2 Å². The van der Waals surface area contributed by atoms with Gasteiger partial charge >= 0.3 is 18.3 Å². The molecule has 1 aliphatic heterocycles. The molecule has 0 bridgehead atoms. The zero-order valence-corrected chi connectivity index (χ0v) is 24.2. The van der Waals surface area contributed by atoms with Crippen molar-refractivity contribution in [2.24, 2.45) is 0 Å². The van der Waals surface area contributed by atoms with Gasteiger partial charge in [0.15, 0.2) is 5.16 Å². The lowest BCUT2D eigenvalue weighted by Gasteiger charge is -2.31. The van der Waals surface area contributed by atoms with E-state index in [4.69, 9.17) is 14.9 Å². The molecule has 2 aromatic carbocycles. The van der Waals surface area contributed by atoms with E-state index < -0.39 is 23.9 Å². The van der Waals surface area contributed by atoms with Gasteiger partial charge in [-0.05, 0) is 49.2 Å². The monoisotopic (exact) mass is 642 g/mol. The maximum absolute atomic E-state index is 13.7. The van der Waals surface area contributed by atoms with E-state index in [9.17, 15) is 35.9 Å². The van der Waals surface area contributed by atoms with Crippen molar-refractivity contribution in [2.45, 2.75) is 55.0 Å². The number of carbonyl (C=O) groups excluding carboxylic acids is 1. The van der Waals surface area contributed by atoms with Crippen LogP contribution >= 0.6 is 11.8 Å².